The molecule has 8 nitrogen and oxygen atoms in total. The Bertz CT molecular complexity index is 1050. The zero-order valence-electron chi connectivity index (χ0n) is 14.4. The minimum Gasteiger partial charge on any atom is -0.472 e. The van der Waals surface area contributed by atoms with E-state index >= 15 is 0 Å². The highest BCUT2D eigenvalue weighted by Gasteiger charge is 2.27. The number of nitrogens with zero attached hydrogens (tertiary/aromatic N) is 4. The number of ether oxygens (including phenoxy) is 2. The molecule has 4 rings (SSSR count). The number of hydrogen-bond donors (Lipinski definition) is 1. The summed E-state index contributed by atoms with van der Waals surface area (Å²) in [6.07, 6.45) is 0.645. The average Bonchev–Trinajstić information content (AvgIpc) is 3.14. The molecule has 3 aromatic rings. The molecule has 0 aliphatic carbocycles. The summed E-state index contributed by atoms with van der Waals surface area (Å²) in [5.41, 5.74) is 0.887. The number of aromatic nitrogens is 3. The van der Waals surface area contributed by atoms with E-state index < -0.39 is 11.9 Å². The second-order valence-electron chi connectivity index (χ2n) is 6.13. The van der Waals surface area contributed by atoms with E-state index in [2.05, 4.69) is 15.0 Å². The minimum atomic E-state index is -0.973. The van der Waals surface area contributed by atoms with Crippen molar-refractivity contribution in [2.75, 3.05) is 13.1 Å². The first-order chi connectivity index (χ1) is 13.5. The Labute approximate surface area is 163 Å². The molecule has 0 unspecified atom stereocenters. The molecule has 1 fully saturated rings. The van der Waals surface area contributed by atoms with Gasteiger partial charge in [0.05, 0.1) is 17.1 Å². The lowest BCUT2D eigenvalue weighted by Gasteiger charge is -2.14. The van der Waals surface area contributed by atoms with Gasteiger partial charge in [0, 0.05) is 25.1 Å². The molecule has 1 aromatic carbocycles. The molecule has 1 N–H and O–H groups in total. The van der Waals surface area contributed by atoms with Crippen molar-refractivity contribution in [1.82, 2.24) is 19.9 Å². The first-order valence-electron chi connectivity index (χ1n) is 8.39. The second-order valence-corrected chi connectivity index (χ2v) is 6.54. The fourth-order valence-electron chi connectivity index (χ4n) is 2.86. The smallest absolute Gasteiger partial charge is 0.407 e. The number of amides is 1. The van der Waals surface area contributed by atoms with Crippen LogP contribution in [0.2, 0.25) is 5.02 Å². The molecule has 0 radical (unpaired) electrons. The number of carboxylic acid groups (broad SMARTS) is 1. The third-order valence-corrected chi connectivity index (χ3v) is 4.52. The summed E-state index contributed by atoms with van der Waals surface area (Å²) in [7, 11) is 0. The molecule has 0 saturated carbocycles. The maximum atomic E-state index is 13.3. The number of carbonyl (C=O) groups is 1. The maximum Gasteiger partial charge on any atom is 0.407 e. The SMILES string of the molecule is O=C(O)N1CC[C@H](Oc2ccc3ncnc(Oc4ccc(F)c(Cl)c4)c3n2)C1. The molecule has 0 bridgehead atoms. The summed E-state index contributed by atoms with van der Waals surface area (Å²) in [6, 6.07) is 7.31. The van der Waals surface area contributed by atoms with Crippen molar-refractivity contribution in [3.63, 3.8) is 0 Å². The fraction of sp³-hybridized carbons (Fsp3) is 0.222. The quantitative estimate of drug-likeness (QED) is 0.707. The lowest BCUT2D eigenvalue weighted by atomic mass is 10.3. The van der Waals surface area contributed by atoms with Crippen LogP contribution in [0, 0.1) is 5.82 Å². The van der Waals surface area contributed by atoms with Gasteiger partial charge in [-0.05, 0) is 18.2 Å². The summed E-state index contributed by atoms with van der Waals surface area (Å²) < 4.78 is 24.8. The van der Waals surface area contributed by atoms with Crippen LogP contribution in [0.4, 0.5) is 9.18 Å². The summed E-state index contributed by atoms with van der Waals surface area (Å²) >= 11 is 5.78. The van der Waals surface area contributed by atoms with Crippen LogP contribution in [0.15, 0.2) is 36.7 Å². The molecule has 1 atom stereocenters. The predicted molar refractivity (Wildman–Crippen MR) is 97.4 cm³/mol. The van der Waals surface area contributed by atoms with Crippen LogP contribution < -0.4 is 9.47 Å². The summed E-state index contributed by atoms with van der Waals surface area (Å²) in [6.45, 7) is 0.689. The number of rotatable bonds is 4. The van der Waals surface area contributed by atoms with Crippen molar-refractivity contribution in [2.45, 2.75) is 12.5 Å². The Kier molecular flexibility index (Phi) is 4.82. The molecular formula is C18H14ClFN4O4. The molecule has 1 amide bonds. The van der Waals surface area contributed by atoms with Crippen LogP contribution >= 0.6 is 11.6 Å². The van der Waals surface area contributed by atoms with E-state index in [0.717, 1.165) is 0 Å². The Hall–Kier alpha value is -3.20. The van der Waals surface area contributed by atoms with Gasteiger partial charge in [0.15, 0.2) is 5.52 Å². The lowest BCUT2D eigenvalue weighted by Crippen LogP contribution is -2.29. The van der Waals surface area contributed by atoms with Gasteiger partial charge in [0.25, 0.3) is 0 Å². The normalized spacial score (nSPS) is 16.4. The molecule has 2 aromatic heterocycles. The largest absolute Gasteiger partial charge is 0.472 e. The van der Waals surface area contributed by atoms with Gasteiger partial charge in [-0.15, -0.1) is 0 Å². The van der Waals surface area contributed by atoms with E-state index in [1.165, 1.54) is 29.4 Å². The van der Waals surface area contributed by atoms with Crippen LogP contribution in [0.3, 0.4) is 0 Å². The molecule has 144 valence electrons. The van der Waals surface area contributed by atoms with Crippen LogP contribution in [-0.4, -0.2) is 50.2 Å². The van der Waals surface area contributed by atoms with Crippen LogP contribution in [0.5, 0.6) is 17.5 Å². The van der Waals surface area contributed by atoms with Crippen molar-refractivity contribution >= 4 is 28.7 Å². The molecular weight excluding hydrogens is 391 g/mol. The Balaban J connectivity index is 1.59. The number of likely N-dealkylation sites (tertiary alicyclic amines) is 1. The van der Waals surface area contributed by atoms with Crippen molar-refractivity contribution in [3.05, 3.63) is 47.5 Å². The van der Waals surface area contributed by atoms with Gasteiger partial charge in [0.2, 0.25) is 11.8 Å². The topological polar surface area (TPSA) is 97.7 Å². The van der Waals surface area contributed by atoms with Gasteiger partial charge in [0.1, 0.15) is 24.0 Å². The molecule has 0 spiro atoms. The highest BCUT2D eigenvalue weighted by atomic mass is 35.5. The van der Waals surface area contributed by atoms with E-state index in [-0.39, 0.29) is 23.6 Å². The standard InChI is InChI=1S/C18H14ClFN4O4/c19-12-7-10(1-2-13(12)20)28-17-16-14(21-9-22-17)3-4-15(23-16)27-11-5-6-24(8-11)18(25)26/h1-4,7,9,11H,5-6,8H2,(H,25,26)/t11-/m0/s1. The van der Waals surface area contributed by atoms with Gasteiger partial charge in [-0.1, -0.05) is 11.6 Å². The van der Waals surface area contributed by atoms with Gasteiger partial charge in [-0.25, -0.2) is 19.2 Å². The highest BCUT2D eigenvalue weighted by Crippen LogP contribution is 2.29. The second kappa shape index (κ2) is 7.43. The number of fused-ring (bicyclic) bond motifs is 1. The molecule has 10 heteroatoms. The van der Waals surface area contributed by atoms with Crippen molar-refractivity contribution < 1.29 is 23.8 Å². The van der Waals surface area contributed by atoms with Crippen molar-refractivity contribution in [2.24, 2.45) is 0 Å². The van der Waals surface area contributed by atoms with Crippen LogP contribution in [-0.2, 0) is 0 Å². The minimum absolute atomic E-state index is 0.0722. The van der Waals surface area contributed by atoms with Gasteiger partial charge >= 0.3 is 6.09 Å². The predicted octanol–water partition coefficient (Wildman–Crippen LogP) is 3.74. The molecule has 1 aliphatic heterocycles. The van der Waals surface area contributed by atoms with Gasteiger partial charge in [-0.3, -0.25) is 0 Å². The number of hydrogen-bond acceptors (Lipinski definition) is 6. The Morgan fingerprint density at radius 3 is 2.89 bits per heavy atom. The summed E-state index contributed by atoms with van der Waals surface area (Å²) in [5.74, 6) is 0.216. The van der Waals surface area contributed by atoms with E-state index in [1.54, 1.807) is 12.1 Å². The van der Waals surface area contributed by atoms with E-state index in [0.29, 0.717) is 35.6 Å². The van der Waals surface area contributed by atoms with Gasteiger partial charge < -0.3 is 19.5 Å². The Morgan fingerprint density at radius 1 is 1.29 bits per heavy atom. The van der Waals surface area contributed by atoms with E-state index in [1.807, 2.05) is 0 Å². The molecule has 3 heterocycles. The average molecular weight is 405 g/mol. The van der Waals surface area contributed by atoms with Crippen molar-refractivity contribution in [1.29, 1.82) is 0 Å². The maximum absolute atomic E-state index is 13.3. The summed E-state index contributed by atoms with van der Waals surface area (Å²) in [5, 5.41) is 8.97. The third-order valence-electron chi connectivity index (χ3n) is 4.23. The molecule has 28 heavy (non-hydrogen) atoms. The summed E-state index contributed by atoms with van der Waals surface area (Å²) in [4.78, 5) is 24.9. The number of pyridine rings is 1. The zero-order chi connectivity index (χ0) is 19.7. The molecule has 1 saturated heterocycles. The Morgan fingerprint density at radius 2 is 2.14 bits per heavy atom. The first kappa shape index (κ1) is 18.2. The van der Waals surface area contributed by atoms with Crippen molar-refractivity contribution in [3.8, 4) is 17.5 Å². The third kappa shape index (κ3) is 3.74. The van der Waals surface area contributed by atoms with Crippen LogP contribution in [0.25, 0.3) is 11.0 Å². The number of benzene rings is 1. The lowest BCUT2D eigenvalue weighted by molar-refractivity contribution is 0.144. The zero-order valence-corrected chi connectivity index (χ0v) is 15.1. The molecule has 1 aliphatic rings. The van der Waals surface area contributed by atoms with E-state index in [4.69, 9.17) is 26.2 Å². The first-order valence-corrected chi connectivity index (χ1v) is 8.76. The van der Waals surface area contributed by atoms with Gasteiger partial charge in [-0.2, -0.15) is 4.98 Å². The fourth-order valence-corrected chi connectivity index (χ4v) is 3.03. The number of halogens is 2. The highest BCUT2D eigenvalue weighted by molar-refractivity contribution is 6.30. The van der Waals surface area contributed by atoms with Crippen LogP contribution in [0.1, 0.15) is 6.42 Å². The van der Waals surface area contributed by atoms with E-state index in [9.17, 15) is 9.18 Å². The monoisotopic (exact) mass is 404 g/mol.